The molecule has 0 amide bonds. The Balaban J connectivity index is 2.18. The Morgan fingerprint density at radius 1 is 1.11 bits per heavy atom. The predicted octanol–water partition coefficient (Wildman–Crippen LogP) is 4.76. The van der Waals surface area contributed by atoms with Crippen LogP contribution in [0.15, 0.2) is 18.2 Å². The molecule has 18 heavy (non-hydrogen) atoms. The highest BCUT2D eigenvalue weighted by Gasteiger charge is 2.04. The maximum atomic E-state index is 9.64. The maximum absolute atomic E-state index is 9.64. The third kappa shape index (κ3) is 5.76. The lowest BCUT2D eigenvalue weighted by atomic mass is 10.0. The van der Waals surface area contributed by atoms with E-state index in [4.69, 9.17) is 0 Å². The number of benzene rings is 1. The number of unbranched alkanes of at least 4 members (excludes halogenated alkanes) is 2. The van der Waals surface area contributed by atoms with Crippen LogP contribution in [-0.4, -0.2) is 15.0 Å². The third-order valence-electron chi connectivity index (χ3n) is 3.13. The summed E-state index contributed by atoms with van der Waals surface area (Å²) < 4.78 is 0. The summed E-state index contributed by atoms with van der Waals surface area (Å²) in [6.07, 6.45) is 8.10. The van der Waals surface area contributed by atoms with Crippen LogP contribution in [0.4, 0.5) is 0 Å². The largest absolute Gasteiger partial charge is 0.508 e. The van der Waals surface area contributed by atoms with Gasteiger partial charge in [-0.3, -0.25) is 0 Å². The van der Waals surface area contributed by atoms with Gasteiger partial charge in [-0.25, -0.2) is 0 Å². The van der Waals surface area contributed by atoms with Crippen LogP contribution < -0.4 is 0 Å². The molecule has 102 valence electrons. The fraction of sp³-hybridized carbons (Fsp3) is 0.600. The van der Waals surface area contributed by atoms with Crippen LogP contribution in [0.25, 0.3) is 0 Å². The minimum Gasteiger partial charge on any atom is -0.508 e. The minimum atomic E-state index is 0.123. The molecule has 1 unspecified atom stereocenters. The number of aryl methyl sites for hydroxylation is 1. The lowest BCUT2D eigenvalue weighted by molar-refractivity contribution is 0.444. The van der Waals surface area contributed by atoms with Gasteiger partial charge in [-0.1, -0.05) is 48.2 Å². The van der Waals surface area contributed by atoms with Crippen molar-refractivity contribution in [2.75, 3.05) is 0 Å². The van der Waals surface area contributed by atoms with Crippen molar-refractivity contribution >= 4 is 15.9 Å². The molecule has 0 aliphatic heterocycles. The molecule has 0 saturated heterocycles. The Morgan fingerprint density at radius 2 is 1.89 bits per heavy atom. The first-order valence-electron chi connectivity index (χ1n) is 6.78. The van der Waals surface area contributed by atoms with Crippen molar-refractivity contribution in [3.05, 3.63) is 23.8 Å². The molecular formula is C15H23BrO2. The highest BCUT2D eigenvalue weighted by Crippen LogP contribution is 2.24. The molecule has 1 aromatic carbocycles. The standard InChI is InChI=1S/C15H23BrO2/c1-2-6-13(16)8-5-3-4-7-12-9-10-14(17)11-15(12)18/h9-11,13,17-18H,2-8H2,1H3. The molecule has 2 N–H and O–H groups in total. The van der Waals surface area contributed by atoms with Gasteiger partial charge in [0.15, 0.2) is 0 Å². The van der Waals surface area contributed by atoms with Crippen molar-refractivity contribution in [3.63, 3.8) is 0 Å². The van der Waals surface area contributed by atoms with E-state index in [1.165, 1.54) is 38.2 Å². The zero-order valence-electron chi connectivity index (χ0n) is 11.0. The quantitative estimate of drug-likeness (QED) is 0.536. The van der Waals surface area contributed by atoms with Gasteiger partial charge in [-0.05, 0) is 37.3 Å². The van der Waals surface area contributed by atoms with Crippen LogP contribution >= 0.6 is 15.9 Å². The van der Waals surface area contributed by atoms with Crippen LogP contribution in [-0.2, 0) is 6.42 Å². The number of alkyl halides is 1. The molecule has 0 aromatic heterocycles. The van der Waals surface area contributed by atoms with Crippen molar-refractivity contribution in [1.29, 1.82) is 0 Å². The number of aromatic hydroxyl groups is 2. The average Bonchev–Trinajstić information content (AvgIpc) is 2.31. The van der Waals surface area contributed by atoms with Crippen LogP contribution in [0.1, 0.15) is 51.0 Å². The molecule has 0 fully saturated rings. The Kier molecular flexibility index (Phi) is 7.18. The van der Waals surface area contributed by atoms with E-state index in [0.717, 1.165) is 18.4 Å². The molecule has 0 bridgehead atoms. The van der Waals surface area contributed by atoms with Gasteiger partial charge < -0.3 is 10.2 Å². The fourth-order valence-corrected chi connectivity index (χ4v) is 2.86. The van der Waals surface area contributed by atoms with Crippen molar-refractivity contribution in [3.8, 4) is 11.5 Å². The number of halogens is 1. The van der Waals surface area contributed by atoms with E-state index < -0.39 is 0 Å². The van der Waals surface area contributed by atoms with Gasteiger partial charge >= 0.3 is 0 Å². The lowest BCUT2D eigenvalue weighted by Gasteiger charge is -2.08. The topological polar surface area (TPSA) is 40.5 Å². The Hall–Kier alpha value is -0.700. The summed E-state index contributed by atoms with van der Waals surface area (Å²) in [5.41, 5.74) is 0.928. The monoisotopic (exact) mass is 314 g/mol. The minimum absolute atomic E-state index is 0.123. The van der Waals surface area contributed by atoms with E-state index >= 15 is 0 Å². The van der Waals surface area contributed by atoms with Crippen LogP contribution in [0, 0.1) is 0 Å². The highest BCUT2D eigenvalue weighted by molar-refractivity contribution is 9.09. The van der Waals surface area contributed by atoms with Crippen LogP contribution in [0.5, 0.6) is 11.5 Å². The number of rotatable bonds is 8. The maximum Gasteiger partial charge on any atom is 0.122 e. The molecule has 0 aliphatic carbocycles. The number of phenols is 2. The summed E-state index contributed by atoms with van der Waals surface area (Å²) in [4.78, 5) is 0.657. The Bertz CT molecular complexity index is 352. The molecule has 1 rings (SSSR count). The van der Waals surface area contributed by atoms with Crippen molar-refractivity contribution in [2.24, 2.45) is 0 Å². The van der Waals surface area contributed by atoms with Gasteiger partial charge in [0, 0.05) is 10.9 Å². The molecule has 1 atom stereocenters. The van der Waals surface area contributed by atoms with E-state index in [2.05, 4.69) is 22.9 Å². The summed E-state index contributed by atoms with van der Waals surface area (Å²) >= 11 is 3.69. The Labute approximate surface area is 118 Å². The van der Waals surface area contributed by atoms with Crippen molar-refractivity contribution < 1.29 is 10.2 Å². The number of hydrogen-bond acceptors (Lipinski definition) is 2. The average molecular weight is 315 g/mol. The van der Waals surface area contributed by atoms with Gasteiger partial charge in [-0.15, -0.1) is 0 Å². The second-order valence-corrected chi connectivity index (χ2v) is 6.09. The molecule has 1 aromatic rings. The van der Waals surface area contributed by atoms with Crippen LogP contribution in [0.3, 0.4) is 0 Å². The van der Waals surface area contributed by atoms with Gasteiger partial charge in [0.25, 0.3) is 0 Å². The number of phenolic OH excluding ortho intramolecular Hbond substituents is 2. The van der Waals surface area contributed by atoms with E-state index in [-0.39, 0.29) is 11.5 Å². The lowest BCUT2D eigenvalue weighted by Crippen LogP contribution is -1.96. The summed E-state index contributed by atoms with van der Waals surface area (Å²) in [6.45, 7) is 2.21. The summed E-state index contributed by atoms with van der Waals surface area (Å²) in [6, 6.07) is 4.84. The van der Waals surface area contributed by atoms with E-state index in [1.54, 1.807) is 12.1 Å². The van der Waals surface area contributed by atoms with Crippen molar-refractivity contribution in [2.45, 2.75) is 56.7 Å². The first-order valence-corrected chi connectivity index (χ1v) is 7.70. The second kappa shape index (κ2) is 8.41. The first-order chi connectivity index (χ1) is 8.63. The molecule has 0 aliphatic rings. The smallest absolute Gasteiger partial charge is 0.122 e. The molecule has 0 heterocycles. The Morgan fingerprint density at radius 3 is 2.56 bits per heavy atom. The third-order valence-corrected chi connectivity index (χ3v) is 4.05. The van der Waals surface area contributed by atoms with Gasteiger partial charge in [0.05, 0.1) is 0 Å². The first kappa shape index (κ1) is 15.4. The SMILES string of the molecule is CCCC(Br)CCCCCc1ccc(O)cc1O. The molecular weight excluding hydrogens is 292 g/mol. The summed E-state index contributed by atoms with van der Waals surface area (Å²) in [5, 5.41) is 18.8. The second-order valence-electron chi connectivity index (χ2n) is 4.80. The zero-order valence-corrected chi connectivity index (χ0v) is 12.6. The number of hydrogen-bond donors (Lipinski definition) is 2. The molecule has 0 radical (unpaired) electrons. The van der Waals surface area contributed by atoms with E-state index in [9.17, 15) is 10.2 Å². The van der Waals surface area contributed by atoms with Crippen molar-refractivity contribution in [1.82, 2.24) is 0 Å². The molecule has 0 spiro atoms. The molecule has 0 saturated carbocycles. The van der Waals surface area contributed by atoms with E-state index in [0.29, 0.717) is 4.83 Å². The van der Waals surface area contributed by atoms with Gasteiger partial charge in [0.2, 0.25) is 0 Å². The van der Waals surface area contributed by atoms with Gasteiger partial charge in [0.1, 0.15) is 11.5 Å². The molecule has 3 heteroatoms. The fourth-order valence-electron chi connectivity index (χ4n) is 2.08. The highest BCUT2D eigenvalue weighted by atomic mass is 79.9. The van der Waals surface area contributed by atoms with E-state index in [1.807, 2.05) is 0 Å². The van der Waals surface area contributed by atoms with Crippen LogP contribution in [0.2, 0.25) is 0 Å². The molecule has 2 nitrogen and oxygen atoms in total. The van der Waals surface area contributed by atoms with Gasteiger partial charge in [-0.2, -0.15) is 0 Å². The normalized spacial score (nSPS) is 12.6. The summed E-state index contributed by atoms with van der Waals surface area (Å²) in [5.74, 6) is 0.331. The predicted molar refractivity (Wildman–Crippen MR) is 79.6 cm³/mol. The summed E-state index contributed by atoms with van der Waals surface area (Å²) in [7, 11) is 0. The zero-order chi connectivity index (χ0) is 13.4.